The third-order valence-electron chi connectivity index (χ3n) is 3.71. The van der Waals surface area contributed by atoms with Crippen LogP contribution < -0.4 is 5.32 Å². The van der Waals surface area contributed by atoms with Crippen molar-refractivity contribution in [2.75, 3.05) is 5.32 Å². The molecule has 7 nitrogen and oxygen atoms in total. The average molecular weight is 330 g/mol. The van der Waals surface area contributed by atoms with Gasteiger partial charge in [-0.15, -0.1) is 16.4 Å². The van der Waals surface area contributed by atoms with E-state index >= 15 is 0 Å². The van der Waals surface area contributed by atoms with E-state index in [9.17, 15) is 4.79 Å². The Morgan fingerprint density at radius 2 is 2.13 bits per heavy atom. The van der Waals surface area contributed by atoms with Crippen LogP contribution in [0.4, 0.5) is 5.95 Å². The fourth-order valence-corrected chi connectivity index (χ4v) is 3.20. The second-order valence-corrected chi connectivity index (χ2v) is 6.70. The number of H-pyrrole nitrogens is 1. The molecule has 3 aromatic rings. The van der Waals surface area contributed by atoms with Gasteiger partial charge >= 0.3 is 0 Å². The van der Waals surface area contributed by atoms with Crippen LogP contribution in [0.1, 0.15) is 21.8 Å². The van der Waals surface area contributed by atoms with Crippen LogP contribution in [0.2, 0.25) is 0 Å². The molecule has 2 N–H and O–H groups in total. The van der Waals surface area contributed by atoms with E-state index in [1.165, 1.54) is 4.88 Å². The minimum absolute atomic E-state index is 0.155. The fraction of sp³-hybridized carbons (Fsp3) is 0.333. The first-order valence-corrected chi connectivity index (χ1v) is 8.04. The van der Waals surface area contributed by atoms with Gasteiger partial charge in [-0.25, -0.2) is 0 Å². The molecule has 0 spiro atoms. The number of carbonyl (C=O) groups excluding carboxylic acids is 1. The fourth-order valence-electron chi connectivity index (χ4n) is 2.39. The molecule has 0 saturated carbocycles. The van der Waals surface area contributed by atoms with Crippen molar-refractivity contribution in [1.82, 2.24) is 25.0 Å². The quantitative estimate of drug-likeness (QED) is 0.768. The smallest absolute Gasteiger partial charge is 0.249 e. The molecule has 0 atom stereocenters. The van der Waals surface area contributed by atoms with Gasteiger partial charge in [-0.1, -0.05) is 0 Å². The Morgan fingerprint density at radius 1 is 1.35 bits per heavy atom. The molecule has 0 aliphatic rings. The minimum atomic E-state index is -0.155. The van der Waals surface area contributed by atoms with Crippen LogP contribution in [0.15, 0.2) is 12.1 Å². The topological polar surface area (TPSA) is 88.5 Å². The maximum absolute atomic E-state index is 12.2. The number of carbonyl (C=O) groups is 1. The lowest BCUT2D eigenvalue weighted by Crippen LogP contribution is -2.16. The first kappa shape index (κ1) is 15.4. The number of thiophene rings is 1. The average Bonchev–Trinajstić information content (AvgIpc) is 3.17. The number of hydrogen-bond acceptors (Lipinski definition) is 5. The van der Waals surface area contributed by atoms with Crippen LogP contribution in [-0.2, 0) is 18.3 Å². The van der Waals surface area contributed by atoms with E-state index in [1.54, 1.807) is 16.0 Å². The zero-order valence-electron chi connectivity index (χ0n) is 13.5. The highest BCUT2D eigenvalue weighted by atomic mass is 32.1. The first-order chi connectivity index (χ1) is 10.9. The van der Waals surface area contributed by atoms with Gasteiger partial charge in [-0.2, -0.15) is 10.1 Å². The van der Waals surface area contributed by atoms with E-state index in [0.717, 1.165) is 21.8 Å². The van der Waals surface area contributed by atoms with Crippen LogP contribution >= 0.6 is 11.3 Å². The normalized spacial score (nSPS) is 11.0. The number of amides is 1. The van der Waals surface area contributed by atoms with Crippen LogP contribution in [0.3, 0.4) is 0 Å². The lowest BCUT2D eigenvalue weighted by atomic mass is 10.1. The molecular weight excluding hydrogens is 312 g/mol. The van der Waals surface area contributed by atoms with Crippen molar-refractivity contribution >= 4 is 23.2 Å². The van der Waals surface area contributed by atoms with Crippen molar-refractivity contribution in [3.8, 4) is 10.7 Å². The SMILES string of the molecule is Cc1ccc(-c2nc(NC(=O)Cc3c(C)nn(C)c3C)n[nH]2)s1. The summed E-state index contributed by atoms with van der Waals surface area (Å²) in [6.45, 7) is 5.89. The second kappa shape index (κ2) is 5.96. The summed E-state index contributed by atoms with van der Waals surface area (Å²) in [6, 6.07) is 4.00. The zero-order chi connectivity index (χ0) is 16.6. The van der Waals surface area contributed by atoms with Gasteiger partial charge in [0.25, 0.3) is 0 Å². The predicted molar refractivity (Wildman–Crippen MR) is 89.4 cm³/mol. The Hall–Kier alpha value is -2.48. The summed E-state index contributed by atoms with van der Waals surface area (Å²) in [6.07, 6.45) is 0.257. The molecule has 0 fully saturated rings. The summed E-state index contributed by atoms with van der Waals surface area (Å²) < 4.78 is 1.78. The third kappa shape index (κ3) is 3.16. The van der Waals surface area contributed by atoms with Crippen LogP contribution in [0.25, 0.3) is 10.7 Å². The van der Waals surface area contributed by atoms with Gasteiger partial charge in [0, 0.05) is 23.2 Å². The maximum Gasteiger partial charge on any atom is 0.249 e. The van der Waals surface area contributed by atoms with Gasteiger partial charge in [-0.05, 0) is 32.9 Å². The highest BCUT2D eigenvalue weighted by Gasteiger charge is 2.15. The molecule has 8 heteroatoms. The molecule has 3 aromatic heterocycles. The van der Waals surface area contributed by atoms with Crippen molar-refractivity contribution in [3.05, 3.63) is 34.0 Å². The zero-order valence-corrected chi connectivity index (χ0v) is 14.3. The van der Waals surface area contributed by atoms with Gasteiger partial charge in [0.15, 0.2) is 5.82 Å². The number of nitrogens with one attached hydrogen (secondary N) is 2. The second-order valence-electron chi connectivity index (χ2n) is 5.42. The standard InChI is InChI=1S/C15H18N6OS/c1-8-5-6-12(23-8)14-17-15(19-18-14)16-13(22)7-11-9(2)20-21(4)10(11)3/h5-6H,7H2,1-4H3,(H2,16,17,18,19,22). The van der Waals surface area contributed by atoms with Gasteiger partial charge in [-0.3, -0.25) is 19.9 Å². The third-order valence-corrected chi connectivity index (χ3v) is 4.71. The molecule has 1 amide bonds. The van der Waals surface area contributed by atoms with Crippen LogP contribution in [0.5, 0.6) is 0 Å². The number of rotatable bonds is 4. The molecule has 0 aliphatic heterocycles. The summed E-state index contributed by atoms with van der Waals surface area (Å²) in [7, 11) is 1.87. The Labute approximate surface area is 137 Å². The maximum atomic E-state index is 12.2. The number of aromatic nitrogens is 5. The van der Waals surface area contributed by atoms with Gasteiger partial charge in [0.2, 0.25) is 11.9 Å². The highest BCUT2D eigenvalue weighted by molar-refractivity contribution is 7.15. The van der Waals surface area contributed by atoms with Crippen LogP contribution in [-0.4, -0.2) is 30.9 Å². The number of anilines is 1. The van der Waals surface area contributed by atoms with E-state index in [0.29, 0.717) is 5.82 Å². The minimum Gasteiger partial charge on any atom is -0.293 e. The van der Waals surface area contributed by atoms with E-state index in [2.05, 4.69) is 25.6 Å². The van der Waals surface area contributed by atoms with Crippen molar-refractivity contribution < 1.29 is 4.79 Å². The summed E-state index contributed by atoms with van der Waals surface area (Å²) in [5.74, 6) is 0.791. The lowest BCUT2D eigenvalue weighted by Gasteiger charge is -2.02. The summed E-state index contributed by atoms with van der Waals surface area (Å²) in [5.41, 5.74) is 2.79. The molecule has 0 bridgehead atoms. The van der Waals surface area contributed by atoms with Crippen LogP contribution in [0, 0.1) is 20.8 Å². The predicted octanol–water partition coefficient (Wildman–Crippen LogP) is 2.37. The number of aryl methyl sites for hydroxylation is 3. The molecule has 0 radical (unpaired) electrons. The Kier molecular flexibility index (Phi) is 3.99. The summed E-state index contributed by atoms with van der Waals surface area (Å²) in [4.78, 5) is 18.7. The molecule has 0 unspecified atom stereocenters. The van der Waals surface area contributed by atoms with Gasteiger partial charge in [0.1, 0.15) is 0 Å². The van der Waals surface area contributed by atoms with Crippen molar-refractivity contribution in [2.24, 2.45) is 7.05 Å². The molecule has 23 heavy (non-hydrogen) atoms. The number of aromatic amines is 1. The van der Waals surface area contributed by atoms with Gasteiger partial charge in [0.05, 0.1) is 17.0 Å². The van der Waals surface area contributed by atoms with E-state index < -0.39 is 0 Å². The Morgan fingerprint density at radius 3 is 2.74 bits per heavy atom. The summed E-state index contributed by atoms with van der Waals surface area (Å²) in [5, 5.41) is 13.9. The Bertz CT molecular complexity index is 859. The molecule has 3 heterocycles. The van der Waals surface area contributed by atoms with Crippen molar-refractivity contribution in [1.29, 1.82) is 0 Å². The van der Waals surface area contributed by atoms with Crippen molar-refractivity contribution in [2.45, 2.75) is 27.2 Å². The van der Waals surface area contributed by atoms with Crippen molar-refractivity contribution in [3.63, 3.8) is 0 Å². The largest absolute Gasteiger partial charge is 0.293 e. The number of hydrogen-bond donors (Lipinski definition) is 2. The number of nitrogens with zero attached hydrogens (tertiary/aromatic N) is 4. The monoisotopic (exact) mass is 330 g/mol. The van der Waals surface area contributed by atoms with Gasteiger partial charge < -0.3 is 0 Å². The summed E-state index contributed by atoms with van der Waals surface area (Å²) >= 11 is 1.62. The molecule has 0 aromatic carbocycles. The Balaban J connectivity index is 1.70. The van der Waals surface area contributed by atoms with E-state index in [-0.39, 0.29) is 18.3 Å². The molecule has 0 saturated heterocycles. The van der Waals surface area contributed by atoms with E-state index in [1.807, 2.05) is 40.0 Å². The van der Waals surface area contributed by atoms with E-state index in [4.69, 9.17) is 0 Å². The first-order valence-electron chi connectivity index (χ1n) is 7.22. The molecular formula is C15H18N6OS. The molecule has 120 valence electrons. The molecule has 3 rings (SSSR count). The molecule has 0 aliphatic carbocycles. The lowest BCUT2D eigenvalue weighted by molar-refractivity contribution is -0.115. The highest BCUT2D eigenvalue weighted by Crippen LogP contribution is 2.25.